The number of sulfone groups is 1. The van der Waals surface area contributed by atoms with Crippen LogP contribution in [-0.4, -0.2) is 26.8 Å². The molecule has 15 heavy (non-hydrogen) atoms. The Kier molecular flexibility index (Phi) is 3.23. The van der Waals surface area contributed by atoms with Crippen molar-refractivity contribution in [1.29, 1.82) is 0 Å². The molecule has 1 unspecified atom stereocenters. The van der Waals surface area contributed by atoms with Gasteiger partial charge in [0.05, 0.1) is 5.75 Å². The van der Waals surface area contributed by atoms with E-state index < -0.39 is 9.84 Å². The Bertz CT molecular complexity index is 434. The molecule has 1 N–H and O–H groups in total. The Morgan fingerprint density at radius 1 is 1.53 bits per heavy atom. The van der Waals surface area contributed by atoms with Crippen LogP contribution in [0.2, 0.25) is 0 Å². The van der Waals surface area contributed by atoms with Crippen LogP contribution in [0.5, 0.6) is 0 Å². The summed E-state index contributed by atoms with van der Waals surface area (Å²) in [5.41, 5.74) is 1.30. The molecule has 0 fully saturated rings. The molecule has 2 heterocycles. The second kappa shape index (κ2) is 4.47. The average Bonchev–Trinajstić information content (AvgIpc) is 2.76. The van der Waals surface area contributed by atoms with E-state index in [0.29, 0.717) is 0 Å². The van der Waals surface area contributed by atoms with Gasteiger partial charge in [-0.15, -0.1) is 0 Å². The first kappa shape index (κ1) is 10.9. The van der Waals surface area contributed by atoms with E-state index in [9.17, 15) is 8.42 Å². The fraction of sp³-hybridized carbons (Fsp3) is 0.400. The molecule has 1 aliphatic rings. The van der Waals surface area contributed by atoms with Crippen molar-refractivity contribution >= 4 is 21.2 Å². The third kappa shape index (κ3) is 3.15. The monoisotopic (exact) mass is 243 g/mol. The zero-order valence-corrected chi connectivity index (χ0v) is 9.85. The molecule has 0 spiro atoms. The van der Waals surface area contributed by atoms with Gasteiger partial charge in [-0.3, -0.25) is 0 Å². The molecule has 0 saturated carbocycles. The highest BCUT2D eigenvalue weighted by atomic mass is 32.2. The van der Waals surface area contributed by atoms with Crippen molar-refractivity contribution in [2.75, 3.05) is 12.3 Å². The van der Waals surface area contributed by atoms with E-state index in [1.54, 1.807) is 17.4 Å². The highest BCUT2D eigenvalue weighted by molar-refractivity contribution is 7.94. The highest BCUT2D eigenvalue weighted by Gasteiger charge is 2.20. The summed E-state index contributed by atoms with van der Waals surface area (Å²) < 4.78 is 22.2. The lowest BCUT2D eigenvalue weighted by atomic mass is 10.2. The first-order valence-electron chi connectivity index (χ1n) is 4.81. The molecule has 0 radical (unpaired) electrons. The molecule has 0 saturated heterocycles. The van der Waals surface area contributed by atoms with Crippen LogP contribution >= 0.6 is 11.3 Å². The highest BCUT2D eigenvalue weighted by Crippen LogP contribution is 2.09. The molecule has 1 aromatic rings. The Morgan fingerprint density at radius 2 is 2.40 bits per heavy atom. The zero-order valence-electron chi connectivity index (χ0n) is 8.22. The number of thiophene rings is 1. The number of hydrogen-bond acceptors (Lipinski definition) is 4. The molecule has 1 aliphatic heterocycles. The average molecular weight is 243 g/mol. The third-order valence-electron chi connectivity index (χ3n) is 2.33. The summed E-state index contributed by atoms with van der Waals surface area (Å²) in [5.74, 6) is 0.205. The van der Waals surface area contributed by atoms with E-state index in [1.165, 1.54) is 11.0 Å². The molecule has 5 heteroatoms. The van der Waals surface area contributed by atoms with Crippen LogP contribution in [0.1, 0.15) is 5.56 Å². The molecule has 1 atom stereocenters. The van der Waals surface area contributed by atoms with Crippen molar-refractivity contribution in [2.24, 2.45) is 0 Å². The van der Waals surface area contributed by atoms with Gasteiger partial charge in [-0.2, -0.15) is 11.3 Å². The summed E-state index contributed by atoms with van der Waals surface area (Å²) in [5, 5.41) is 8.68. The van der Waals surface area contributed by atoms with Crippen molar-refractivity contribution in [1.82, 2.24) is 5.32 Å². The lowest BCUT2D eigenvalue weighted by molar-refractivity contribution is 0.591. The summed E-state index contributed by atoms with van der Waals surface area (Å²) in [7, 11) is -2.92. The van der Waals surface area contributed by atoms with Gasteiger partial charge >= 0.3 is 0 Å². The van der Waals surface area contributed by atoms with Gasteiger partial charge in [0, 0.05) is 11.4 Å². The maximum Gasteiger partial charge on any atom is 0.173 e. The first-order valence-corrected chi connectivity index (χ1v) is 7.47. The standard InChI is InChI=1S/C10H13NO2S2/c12-15(13)6-3-10(8-15)11-4-1-9-2-5-14-7-9/h2-3,5-7,10-11H,1,4,8H2. The van der Waals surface area contributed by atoms with Gasteiger partial charge in [-0.1, -0.05) is 6.08 Å². The summed E-state index contributed by atoms with van der Waals surface area (Å²) in [6, 6.07) is 2.08. The van der Waals surface area contributed by atoms with Gasteiger partial charge in [0.25, 0.3) is 0 Å². The van der Waals surface area contributed by atoms with Crippen molar-refractivity contribution < 1.29 is 8.42 Å². The summed E-state index contributed by atoms with van der Waals surface area (Å²) in [6.45, 7) is 0.821. The summed E-state index contributed by atoms with van der Waals surface area (Å²) in [4.78, 5) is 0. The van der Waals surface area contributed by atoms with Crippen molar-refractivity contribution in [3.63, 3.8) is 0 Å². The third-order valence-corrected chi connectivity index (χ3v) is 4.46. The van der Waals surface area contributed by atoms with Crippen molar-refractivity contribution in [3.8, 4) is 0 Å². The molecule has 0 aromatic carbocycles. The van der Waals surface area contributed by atoms with Crippen LogP contribution in [0.3, 0.4) is 0 Å². The van der Waals surface area contributed by atoms with Crippen LogP contribution in [-0.2, 0) is 16.3 Å². The smallest absolute Gasteiger partial charge is 0.173 e. The van der Waals surface area contributed by atoms with E-state index in [2.05, 4.69) is 22.1 Å². The topological polar surface area (TPSA) is 46.2 Å². The molecule has 2 rings (SSSR count). The first-order chi connectivity index (χ1) is 7.16. The lowest BCUT2D eigenvalue weighted by Gasteiger charge is -2.08. The van der Waals surface area contributed by atoms with Crippen LogP contribution in [0.4, 0.5) is 0 Å². The van der Waals surface area contributed by atoms with E-state index in [4.69, 9.17) is 0 Å². The Balaban J connectivity index is 1.74. The minimum absolute atomic E-state index is 0.00589. The summed E-state index contributed by atoms with van der Waals surface area (Å²) in [6.07, 6.45) is 2.68. The minimum Gasteiger partial charge on any atom is -0.309 e. The van der Waals surface area contributed by atoms with Crippen LogP contribution in [0, 0.1) is 0 Å². The Morgan fingerprint density at radius 3 is 3.00 bits per heavy atom. The molecular weight excluding hydrogens is 230 g/mol. The van der Waals surface area contributed by atoms with Crippen molar-refractivity contribution in [3.05, 3.63) is 33.9 Å². The molecule has 1 aromatic heterocycles. The lowest BCUT2D eigenvalue weighted by Crippen LogP contribution is -2.31. The van der Waals surface area contributed by atoms with Crippen molar-refractivity contribution in [2.45, 2.75) is 12.5 Å². The Labute approximate surface area is 93.7 Å². The molecule has 0 bridgehead atoms. The summed E-state index contributed by atoms with van der Waals surface area (Å²) >= 11 is 1.68. The van der Waals surface area contributed by atoms with Crippen LogP contribution < -0.4 is 5.32 Å². The fourth-order valence-electron chi connectivity index (χ4n) is 1.54. The van der Waals surface area contributed by atoms with E-state index in [0.717, 1.165) is 13.0 Å². The molecular formula is C10H13NO2S2. The quantitative estimate of drug-likeness (QED) is 0.864. The normalized spacial score (nSPS) is 23.3. The van der Waals surface area contributed by atoms with E-state index >= 15 is 0 Å². The second-order valence-electron chi connectivity index (χ2n) is 3.60. The molecule has 82 valence electrons. The number of hydrogen-bond donors (Lipinski definition) is 1. The Hall–Kier alpha value is -0.650. The number of rotatable bonds is 4. The second-order valence-corrected chi connectivity index (χ2v) is 6.31. The SMILES string of the molecule is O=S1(=O)C=CC(NCCc2ccsc2)C1. The molecule has 0 aliphatic carbocycles. The van der Waals surface area contributed by atoms with Gasteiger partial charge in [0.2, 0.25) is 0 Å². The maximum atomic E-state index is 11.1. The van der Waals surface area contributed by atoms with Gasteiger partial charge in [-0.05, 0) is 35.4 Å². The zero-order chi connectivity index (χ0) is 10.7. The predicted octanol–water partition coefficient (Wildman–Crippen LogP) is 1.19. The van der Waals surface area contributed by atoms with Gasteiger partial charge in [0.15, 0.2) is 9.84 Å². The van der Waals surface area contributed by atoms with Gasteiger partial charge < -0.3 is 5.32 Å². The largest absolute Gasteiger partial charge is 0.309 e. The van der Waals surface area contributed by atoms with Gasteiger partial charge in [-0.25, -0.2) is 8.42 Å². The molecule has 0 amide bonds. The minimum atomic E-state index is -2.92. The molecule has 3 nitrogen and oxygen atoms in total. The number of nitrogens with one attached hydrogen (secondary N) is 1. The van der Waals surface area contributed by atoms with Crippen LogP contribution in [0.25, 0.3) is 0 Å². The fourth-order valence-corrected chi connectivity index (χ4v) is 3.51. The predicted molar refractivity (Wildman–Crippen MR) is 62.7 cm³/mol. The van der Waals surface area contributed by atoms with Crippen LogP contribution in [0.15, 0.2) is 28.3 Å². The van der Waals surface area contributed by atoms with E-state index in [1.807, 2.05) is 0 Å². The maximum absolute atomic E-state index is 11.1. The van der Waals surface area contributed by atoms with Gasteiger partial charge in [0.1, 0.15) is 0 Å². The van der Waals surface area contributed by atoms with E-state index in [-0.39, 0.29) is 11.8 Å².